The molecule has 2 aromatic heterocycles. The summed E-state index contributed by atoms with van der Waals surface area (Å²) in [5, 5.41) is 6.38. The lowest BCUT2D eigenvalue weighted by molar-refractivity contribution is 0.102. The number of benzene rings is 2. The van der Waals surface area contributed by atoms with Gasteiger partial charge < -0.3 is 20.4 Å². The molecule has 1 saturated heterocycles. The van der Waals surface area contributed by atoms with Crippen LogP contribution in [0.4, 0.5) is 23.0 Å². The van der Waals surface area contributed by atoms with Gasteiger partial charge in [-0.2, -0.15) is 0 Å². The van der Waals surface area contributed by atoms with E-state index in [0.717, 1.165) is 72.2 Å². The predicted octanol–water partition coefficient (Wildman–Crippen LogP) is 5.29. The quantitative estimate of drug-likeness (QED) is 0.351. The molecule has 0 spiro atoms. The lowest BCUT2D eigenvalue weighted by Crippen LogP contribution is -2.46. The number of piperazine rings is 1. The van der Waals surface area contributed by atoms with Gasteiger partial charge in [-0.05, 0) is 80.1 Å². The van der Waals surface area contributed by atoms with Crippen LogP contribution in [-0.2, 0) is 0 Å². The highest BCUT2D eigenvalue weighted by atomic mass is 16.1. The molecular weight excluding hydrogens is 474 g/mol. The molecule has 8 heteroatoms. The number of nitrogens with zero attached hydrogens (tertiary/aromatic N) is 5. The Bertz CT molecular complexity index is 1420. The third-order valence-corrected chi connectivity index (χ3v) is 6.86. The van der Waals surface area contributed by atoms with Crippen LogP contribution in [0.2, 0.25) is 0 Å². The zero-order chi connectivity index (χ0) is 26.5. The Balaban J connectivity index is 1.31. The smallest absolute Gasteiger partial charge is 0.255 e. The monoisotopic (exact) mass is 507 g/mol. The number of pyridine rings is 1. The zero-order valence-electron chi connectivity index (χ0n) is 22.1. The largest absolute Gasteiger partial charge is 0.369 e. The molecule has 1 amide bonds. The number of carbonyl (C=O) groups excluding carboxylic acids is 1. The summed E-state index contributed by atoms with van der Waals surface area (Å²) in [5.74, 6) is 0.295. The molecule has 8 nitrogen and oxygen atoms in total. The fourth-order valence-electron chi connectivity index (χ4n) is 4.66. The van der Waals surface area contributed by atoms with E-state index in [1.54, 1.807) is 18.6 Å². The molecular formula is C30H33N7O. The van der Waals surface area contributed by atoms with E-state index >= 15 is 0 Å². The second-order valence-electron chi connectivity index (χ2n) is 9.59. The molecule has 0 unspecified atom stereocenters. The van der Waals surface area contributed by atoms with Gasteiger partial charge in [0.1, 0.15) is 0 Å². The van der Waals surface area contributed by atoms with Crippen molar-refractivity contribution in [3.05, 3.63) is 89.9 Å². The van der Waals surface area contributed by atoms with Crippen molar-refractivity contribution in [2.75, 3.05) is 48.3 Å². The maximum Gasteiger partial charge on any atom is 0.255 e. The van der Waals surface area contributed by atoms with E-state index in [2.05, 4.69) is 61.4 Å². The molecule has 0 aliphatic carbocycles. The van der Waals surface area contributed by atoms with E-state index in [1.807, 2.05) is 49.4 Å². The number of nitrogens with one attached hydrogen (secondary N) is 2. The van der Waals surface area contributed by atoms with E-state index in [0.29, 0.717) is 11.5 Å². The van der Waals surface area contributed by atoms with Crippen LogP contribution in [0.15, 0.2) is 73.2 Å². The Kier molecular flexibility index (Phi) is 7.60. The first kappa shape index (κ1) is 25.4. The number of aromatic nitrogens is 3. The Hall–Kier alpha value is -4.30. The van der Waals surface area contributed by atoms with Crippen molar-refractivity contribution in [2.45, 2.75) is 20.8 Å². The molecule has 0 radical (unpaired) electrons. The molecule has 194 valence electrons. The number of anilines is 4. The fourth-order valence-corrected chi connectivity index (χ4v) is 4.66. The molecule has 38 heavy (non-hydrogen) atoms. The fraction of sp³-hybridized carbons (Fsp3) is 0.267. The second kappa shape index (κ2) is 11.4. The molecule has 1 fully saturated rings. The van der Waals surface area contributed by atoms with Gasteiger partial charge in [0, 0.05) is 73.0 Å². The van der Waals surface area contributed by atoms with Crippen molar-refractivity contribution in [1.82, 2.24) is 19.9 Å². The Morgan fingerprint density at radius 1 is 0.974 bits per heavy atom. The number of hydrogen-bond donors (Lipinski definition) is 2. The first-order valence-corrected chi connectivity index (χ1v) is 13.0. The van der Waals surface area contributed by atoms with E-state index in [1.165, 1.54) is 0 Å². The number of likely N-dealkylation sites (N-methyl/N-ethyl adjacent to an activating group) is 1. The Morgan fingerprint density at radius 2 is 1.82 bits per heavy atom. The minimum absolute atomic E-state index is 0.162. The molecule has 0 atom stereocenters. The van der Waals surface area contributed by atoms with Gasteiger partial charge in [0.15, 0.2) is 0 Å². The van der Waals surface area contributed by atoms with Gasteiger partial charge in [0.05, 0.1) is 5.69 Å². The molecule has 1 aliphatic heterocycles. The number of aryl methyl sites for hydroxylation is 2. The van der Waals surface area contributed by atoms with Gasteiger partial charge in [0.2, 0.25) is 5.95 Å². The predicted molar refractivity (Wildman–Crippen MR) is 153 cm³/mol. The lowest BCUT2D eigenvalue weighted by atomic mass is 10.1. The van der Waals surface area contributed by atoms with Gasteiger partial charge >= 0.3 is 0 Å². The normalized spacial score (nSPS) is 13.8. The first-order chi connectivity index (χ1) is 18.5. The van der Waals surface area contributed by atoms with E-state index < -0.39 is 0 Å². The van der Waals surface area contributed by atoms with Gasteiger partial charge in [-0.15, -0.1) is 0 Å². The number of hydrogen-bond acceptors (Lipinski definition) is 7. The third-order valence-electron chi connectivity index (χ3n) is 6.86. The summed E-state index contributed by atoms with van der Waals surface area (Å²) < 4.78 is 0. The number of amides is 1. The van der Waals surface area contributed by atoms with E-state index in [9.17, 15) is 4.79 Å². The van der Waals surface area contributed by atoms with Gasteiger partial charge in [-0.1, -0.05) is 13.0 Å². The van der Waals surface area contributed by atoms with Crippen molar-refractivity contribution < 1.29 is 4.79 Å². The average Bonchev–Trinajstić information content (AvgIpc) is 2.94. The van der Waals surface area contributed by atoms with Crippen LogP contribution in [0.25, 0.3) is 11.3 Å². The van der Waals surface area contributed by atoms with Crippen molar-refractivity contribution in [1.29, 1.82) is 0 Å². The molecule has 1 aliphatic rings. The summed E-state index contributed by atoms with van der Waals surface area (Å²) in [4.78, 5) is 31.3. The van der Waals surface area contributed by atoms with Crippen LogP contribution in [-0.4, -0.2) is 58.5 Å². The van der Waals surface area contributed by atoms with E-state index in [-0.39, 0.29) is 5.91 Å². The molecule has 3 heterocycles. The molecule has 2 aromatic carbocycles. The highest BCUT2D eigenvalue weighted by molar-refractivity contribution is 6.05. The highest BCUT2D eigenvalue weighted by Crippen LogP contribution is 2.26. The first-order valence-electron chi connectivity index (χ1n) is 13.0. The maximum atomic E-state index is 13.3. The van der Waals surface area contributed by atoms with Crippen molar-refractivity contribution >= 4 is 28.9 Å². The van der Waals surface area contributed by atoms with Crippen molar-refractivity contribution in [3.8, 4) is 11.3 Å². The summed E-state index contributed by atoms with van der Waals surface area (Å²) in [5.41, 5.74) is 7.06. The molecule has 5 rings (SSSR count). The number of carbonyl (C=O) groups is 1. The summed E-state index contributed by atoms with van der Waals surface area (Å²) in [6.45, 7) is 11.4. The van der Waals surface area contributed by atoms with Crippen molar-refractivity contribution in [3.63, 3.8) is 0 Å². The van der Waals surface area contributed by atoms with Gasteiger partial charge in [-0.25, -0.2) is 9.97 Å². The average molecular weight is 508 g/mol. The molecule has 0 saturated carbocycles. The molecule has 2 N–H and O–H groups in total. The minimum atomic E-state index is -0.162. The van der Waals surface area contributed by atoms with Crippen LogP contribution < -0.4 is 15.5 Å². The van der Waals surface area contributed by atoms with Crippen LogP contribution in [0.5, 0.6) is 0 Å². The van der Waals surface area contributed by atoms with Crippen molar-refractivity contribution in [2.24, 2.45) is 0 Å². The highest BCUT2D eigenvalue weighted by Gasteiger charge is 2.17. The standard InChI is InChI=1S/C30H33N7O/c1-4-36-12-14-37(15-13-36)26-17-21(2)16-25(19-26)33-29(38)23-8-7-22(3)28(18-23)35-30-32-11-9-27(34-30)24-6-5-10-31-20-24/h5-11,16-20H,4,12-15H2,1-3H3,(H,33,38)(H,32,34,35). The summed E-state index contributed by atoms with van der Waals surface area (Å²) in [6, 6.07) is 17.5. The summed E-state index contributed by atoms with van der Waals surface area (Å²) >= 11 is 0. The minimum Gasteiger partial charge on any atom is -0.369 e. The second-order valence-corrected chi connectivity index (χ2v) is 9.59. The molecule has 4 aromatic rings. The van der Waals surface area contributed by atoms with Crippen LogP contribution in [0.1, 0.15) is 28.4 Å². The SMILES string of the molecule is CCN1CCN(c2cc(C)cc(NC(=O)c3ccc(C)c(Nc4nccc(-c5cccnc5)n4)c3)c2)CC1. The summed E-state index contributed by atoms with van der Waals surface area (Å²) in [7, 11) is 0. The number of rotatable bonds is 7. The van der Waals surface area contributed by atoms with E-state index in [4.69, 9.17) is 0 Å². The third kappa shape index (κ3) is 5.98. The molecule has 0 bridgehead atoms. The zero-order valence-corrected chi connectivity index (χ0v) is 22.1. The topological polar surface area (TPSA) is 86.3 Å². The van der Waals surface area contributed by atoms with Gasteiger partial charge in [0.25, 0.3) is 5.91 Å². The van der Waals surface area contributed by atoms with Crippen LogP contribution in [0.3, 0.4) is 0 Å². The summed E-state index contributed by atoms with van der Waals surface area (Å²) in [6.07, 6.45) is 5.21. The lowest BCUT2D eigenvalue weighted by Gasteiger charge is -2.35. The van der Waals surface area contributed by atoms with Crippen LogP contribution in [0, 0.1) is 13.8 Å². The Morgan fingerprint density at radius 3 is 2.58 bits per heavy atom. The maximum absolute atomic E-state index is 13.3. The Labute approximate surface area is 223 Å². The van der Waals surface area contributed by atoms with Crippen LogP contribution >= 0.6 is 0 Å². The van der Waals surface area contributed by atoms with Gasteiger partial charge in [-0.3, -0.25) is 9.78 Å².